The largest absolute Gasteiger partial charge is 0.508 e. The van der Waals surface area contributed by atoms with Gasteiger partial charge in [-0.2, -0.15) is 0 Å². The zero-order valence-electron chi connectivity index (χ0n) is 23.6. The third-order valence-electron chi connectivity index (χ3n) is 10.1. The highest BCUT2D eigenvalue weighted by Crippen LogP contribution is 2.47. The van der Waals surface area contributed by atoms with Gasteiger partial charge in [-0.1, -0.05) is 48.5 Å². The molecule has 1 aliphatic heterocycles. The van der Waals surface area contributed by atoms with Crippen molar-refractivity contribution in [3.05, 3.63) is 95.1 Å². The third-order valence-corrected chi connectivity index (χ3v) is 10.1. The molecule has 2 N–H and O–H groups in total. The van der Waals surface area contributed by atoms with Crippen LogP contribution in [-0.2, 0) is 11.2 Å². The number of fused-ring (bicyclic) bond motifs is 1. The molecule has 0 aromatic heterocycles. The molecule has 0 amide bonds. The van der Waals surface area contributed by atoms with Gasteiger partial charge in [0.05, 0.1) is 5.92 Å². The molecular formula is C35H42N2O3. The van der Waals surface area contributed by atoms with Crippen LogP contribution in [0.25, 0.3) is 0 Å². The number of hydrogen-bond acceptors (Lipinski definition) is 4. The number of phenols is 1. The minimum Gasteiger partial charge on any atom is -0.508 e. The van der Waals surface area contributed by atoms with E-state index >= 15 is 0 Å². The van der Waals surface area contributed by atoms with E-state index in [-0.39, 0.29) is 11.8 Å². The smallest absolute Gasteiger partial charge is 0.306 e. The van der Waals surface area contributed by atoms with E-state index in [9.17, 15) is 15.0 Å². The van der Waals surface area contributed by atoms with Crippen LogP contribution in [-0.4, -0.2) is 53.3 Å². The van der Waals surface area contributed by atoms with Crippen LogP contribution < -0.4 is 4.90 Å². The Balaban J connectivity index is 1.14. The van der Waals surface area contributed by atoms with E-state index in [1.165, 1.54) is 27.9 Å². The second-order valence-corrected chi connectivity index (χ2v) is 12.2. The van der Waals surface area contributed by atoms with E-state index in [0.717, 1.165) is 64.5 Å². The molecule has 1 saturated heterocycles. The maximum atomic E-state index is 11.3. The Morgan fingerprint density at radius 2 is 1.48 bits per heavy atom. The zero-order valence-corrected chi connectivity index (χ0v) is 23.6. The molecule has 2 fully saturated rings. The second-order valence-electron chi connectivity index (χ2n) is 12.2. The zero-order chi connectivity index (χ0) is 27.6. The lowest BCUT2D eigenvalue weighted by molar-refractivity contribution is -0.143. The Kier molecular flexibility index (Phi) is 7.84. The van der Waals surface area contributed by atoms with Gasteiger partial charge in [0.15, 0.2) is 0 Å². The fourth-order valence-corrected chi connectivity index (χ4v) is 7.73. The molecule has 0 bridgehead atoms. The lowest BCUT2D eigenvalue weighted by Gasteiger charge is -2.43. The summed E-state index contributed by atoms with van der Waals surface area (Å²) in [5.41, 5.74) is 6.63. The topological polar surface area (TPSA) is 64.0 Å². The number of aryl methyl sites for hydroxylation is 1. The van der Waals surface area contributed by atoms with Crippen molar-refractivity contribution in [1.82, 2.24) is 4.90 Å². The van der Waals surface area contributed by atoms with Crippen LogP contribution >= 0.6 is 0 Å². The van der Waals surface area contributed by atoms with Gasteiger partial charge in [0, 0.05) is 36.8 Å². The van der Waals surface area contributed by atoms with Gasteiger partial charge in [-0.3, -0.25) is 4.79 Å². The number of aliphatic carboxylic acids is 1. The van der Waals surface area contributed by atoms with E-state index in [1.807, 2.05) is 12.1 Å². The lowest BCUT2D eigenvalue weighted by atomic mass is 9.69. The van der Waals surface area contributed by atoms with E-state index in [0.29, 0.717) is 23.8 Å². The van der Waals surface area contributed by atoms with Gasteiger partial charge in [-0.25, -0.2) is 0 Å². The molecule has 2 aliphatic carbocycles. The van der Waals surface area contributed by atoms with Crippen molar-refractivity contribution in [2.45, 2.75) is 75.3 Å². The van der Waals surface area contributed by atoms with Crippen LogP contribution in [0.1, 0.15) is 79.0 Å². The first kappa shape index (κ1) is 26.9. The van der Waals surface area contributed by atoms with E-state index in [4.69, 9.17) is 0 Å². The van der Waals surface area contributed by atoms with Crippen LogP contribution in [0, 0.1) is 5.92 Å². The first-order chi connectivity index (χ1) is 19.5. The summed E-state index contributed by atoms with van der Waals surface area (Å²) >= 11 is 0. The quantitative estimate of drug-likeness (QED) is 0.361. The van der Waals surface area contributed by atoms with Gasteiger partial charge in [0.1, 0.15) is 5.75 Å². The third kappa shape index (κ3) is 5.49. The molecule has 0 spiro atoms. The van der Waals surface area contributed by atoms with Crippen molar-refractivity contribution in [3.8, 4) is 5.75 Å². The summed E-state index contributed by atoms with van der Waals surface area (Å²) in [7, 11) is 2.26. The molecule has 1 heterocycles. The summed E-state index contributed by atoms with van der Waals surface area (Å²) in [5, 5.41) is 19.5. The maximum Gasteiger partial charge on any atom is 0.306 e. The Morgan fingerprint density at radius 3 is 2.15 bits per heavy atom. The molecule has 6 rings (SSSR count). The summed E-state index contributed by atoms with van der Waals surface area (Å²) in [6.07, 6.45) is 7.99. The van der Waals surface area contributed by atoms with Gasteiger partial charge < -0.3 is 20.0 Å². The molecule has 1 saturated carbocycles. The summed E-state index contributed by atoms with van der Waals surface area (Å²) in [5.74, 6) is 0.278. The van der Waals surface area contributed by atoms with Crippen molar-refractivity contribution in [1.29, 1.82) is 0 Å². The Bertz CT molecular complexity index is 1290. The van der Waals surface area contributed by atoms with Crippen molar-refractivity contribution in [3.63, 3.8) is 0 Å². The SMILES string of the molecule is CN(C1CCC(C(=O)O)CC1)C1CCN(c2ccc([C@@H]3c4ccc(O)cc4CC[C@@H]3c3ccccc3)cc2)CC1. The molecule has 3 aromatic rings. The van der Waals surface area contributed by atoms with Crippen LogP contribution in [0.15, 0.2) is 72.8 Å². The number of carbonyl (C=O) groups is 1. The molecule has 210 valence electrons. The number of piperidine rings is 1. The lowest BCUT2D eigenvalue weighted by Crippen LogP contribution is -2.48. The summed E-state index contributed by atoms with van der Waals surface area (Å²) < 4.78 is 0. The van der Waals surface area contributed by atoms with Gasteiger partial charge in [-0.05, 0) is 111 Å². The van der Waals surface area contributed by atoms with Gasteiger partial charge in [-0.15, -0.1) is 0 Å². The van der Waals surface area contributed by atoms with Gasteiger partial charge in [0.2, 0.25) is 0 Å². The number of rotatable bonds is 6. The Hall–Kier alpha value is -3.31. The highest BCUT2D eigenvalue weighted by Gasteiger charge is 2.34. The van der Waals surface area contributed by atoms with Crippen molar-refractivity contribution >= 4 is 11.7 Å². The van der Waals surface area contributed by atoms with Crippen molar-refractivity contribution in [2.75, 3.05) is 25.0 Å². The molecule has 3 aliphatic rings. The molecular weight excluding hydrogens is 496 g/mol. The van der Waals surface area contributed by atoms with E-state index < -0.39 is 5.97 Å². The average molecular weight is 539 g/mol. The predicted molar refractivity (Wildman–Crippen MR) is 160 cm³/mol. The maximum absolute atomic E-state index is 11.3. The molecule has 0 unspecified atom stereocenters. The summed E-state index contributed by atoms with van der Waals surface area (Å²) in [6, 6.07) is 27.2. The van der Waals surface area contributed by atoms with E-state index in [1.54, 1.807) is 0 Å². The molecule has 0 radical (unpaired) electrons. The standard InChI is InChI=1S/C35H42N2O3/c1-36(28-12-9-26(10-13-28)35(39)40)29-19-21-37(22-20-29)30-14-7-25(8-15-30)34-32(24-5-3-2-4-6-24)17-11-27-23-31(38)16-18-33(27)34/h2-8,14-16,18,23,26,28-29,32,34,38H,9-13,17,19-22H2,1H3,(H,39,40)/t26?,28?,32-,34+/m1/s1. The molecule has 2 atom stereocenters. The van der Waals surface area contributed by atoms with Crippen LogP contribution in [0.2, 0.25) is 0 Å². The van der Waals surface area contributed by atoms with Crippen molar-refractivity contribution < 1.29 is 15.0 Å². The molecule has 3 aromatic carbocycles. The van der Waals surface area contributed by atoms with Crippen molar-refractivity contribution in [2.24, 2.45) is 5.92 Å². The number of anilines is 1. The average Bonchev–Trinajstić information content (AvgIpc) is 3.00. The molecule has 5 nitrogen and oxygen atoms in total. The van der Waals surface area contributed by atoms with Crippen LogP contribution in [0.4, 0.5) is 5.69 Å². The fraction of sp³-hybridized carbons (Fsp3) is 0.457. The number of carboxylic acids is 1. The van der Waals surface area contributed by atoms with Gasteiger partial charge in [0.25, 0.3) is 0 Å². The Labute approximate surface area is 238 Å². The number of nitrogens with zero attached hydrogens (tertiary/aromatic N) is 2. The predicted octanol–water partition coefficient (Wildman–Crippen LogP) is 6.80. The molecule has 40 heavy (non-hydrogen) atoms. The second kappa shape index (κ2) is 11.7. The highest BCUT2D eigenvalue weighted by molar-refractivity contribution is 5.70. The molecule has 5 heteroatoms. The van der Waals surface area contributed by atoms with Crippen LogP contribution in [0.3, 0.4) is 0 Å². The highest BCUT2D eigenvalue weighted by atomic mass is 16.4. The summed E-state index contributed by atoms with van der Waals surface area (Å²) in [4.78, 5) is 16.4. The number of phenolic OH excluding ortho intramolecular Hbond substituents is 1. The fourth-order valence-electron chi connectivity index (χ4n) is 7.73. The number of aromatic hydroxyl groups is 1. The minimum absolute atomic E-state index is 0.147. The Morgan fingerprint density at radius 1 is 0.800 bits per heavy atom. The first-order valence-electron chi connectivity index (χ1n) is 15.1. The first-order valence-corrected chi connectivity index (χ1v) is 15.1. The number of hydrogen-bond donors (Lipinski definition) is 2. The monoisotopic (exact) mass is 538 g/mol. The number of benzene rings is 3. The summed E-state index contributed by atoms with van der Waals surface area (Å²) in [6.45, 7) is 2.11. The van der Waals surface area contributed by atoms with Crippen LogP contribution in [0.5, 0.6) is 5.75 Å². The minimum atomic E-state index is -0.622. The number of carboxylic acid groups (broad SMARTS) is 1. The van der Waals surface area contributed by atoms with E-state index in [2.05, 4.69) is 77.5 Å². The normalized spacial score (nSPS) is 25.5. The van der Waals surface area contributed by atoms with Gasteiger partial charge >= 0.3 is 5.97 Å².